The van der Waals surface area contributed by atoms with E-state index in [9.17, 15) is 4.79 Å². The van der Waals surface area contributed by atoms with Gasteiger partial charge in [0.2, 0.25) is 5.91 Å². The van der Waals surface area contributed by atoms with Gasteiger partial charge in [-0.2, -0.15) is 0 Å². The quantitative estimate of drug-likeness (QED) is 0.771. The Morgan fingerprint density at radius 2 is 2.21 bits per heavy atom. The molecule has 0 aromatic carbocycles. The Hall–Kier alpha value is -0.940. The lowest BCUT2D eigenvalue weighted by Crippen LogP contribution is -2.32. The Kier molecular flexibility index (Phi) is 7.02. The molecule has 1 aromatic heterocycles. The summed E-state index contributed by atoms with van der Waals surface area (Å²) in [4.78, 5) is 16.4. The topological polar surface area (TPSA) is 68.0 Å². The maximum Gasteiger partial charge on any atom is 0.223 e. The van der Waals surface area contributed by atoms with Crippen molar-refractivity contribution < 1.29 is 4.79 Å². The second kappa shape index (κ2) is 8.27. The standard InChI is InChI=1S/C14H25N3OS/c1-4-12(14-16-8-9-19-14)17-13(18)10(2)6-5-7-11(3)15/h8-12H,4-7,15H2,1-3H3,(H,17,18). The fourth-order valence-corrected chi connectivity index (χ4v) is 2.71. The lowest BCUT2D eigenvalue weighted by atomic mass is 10.0. The van der Waals surface area contributed by atoms with E-state index in [-0.39, 0.29) is 23.9 Å². The molecule has 0 aliphatic heterocycles. The third-order valence-electron chi connectivity index (χ3n) is 3.22. The number of aromatic nitrogens is 1. The van der Waals surface area contributed by atoms with Gasteiger partial charge < -0.3 is 11.1 Å². The van der Waals surface area contributed by atoms with Gasteiger partial charge in [-0.05, 0) is 26.2 Å². The molecule has 4 nitrogen and oxygen atoms in total. The normalized spacial score (nSPS) is 15.8. The lowest BCUT2D eigenvalue weighted by molar-refractivity contribution is -0.125. The summed E-state index contributed by atoms with van der Waals surface area (Å²) in [6.07, 6.45) is 5.51. The summed E-state index contributed by atoms with van der Waals surface area (Å²) < 4.78 is 0. The number of amides is 1. The van der Waals surface area contributed by atoms with Crippen molar-refractivity contribution >= 4 is 17.2 Å². The Morgan fingerprint density at radius 1 is 1.47 bits per heavy atom. The molecule has 3 unspecified atom stereocenters. The summed E-state index contributed by atoms with van der Waals surface area (Å²) in [6, 6.07) is 0.261. The highest BCUT2D eigenvalue weighted by Gasteiger charge is 2.19. The molecule has 0 saturated carbocycles. The number of carbonyl (C=O) groups excluding carboxylic acids is 1. The van der Waals surface area contributed by atoms with Gasteiger partial charge in [0.15, 0.2) is 0 Å². The zero-order valence-corrected chi connectivity index (χ0v) is 12.9. The van der Waals surface area contributed by atoms with Crippen LogP contribution in [-0.4, -0.2) is 16.9 Å². The van der Waals surface area contributed by atoms with Crippen LogP contribution in [0.3, 0.4) is 0 Å². The number of hydrogen-bond acceptors (Lipinski definition) is 4. The highest BCUT2D eigenvalue weighted by Crippen LogP contribution is 2.20. The SMILES string of the molecule is CCC(NC(=O)C(C)CCCC(C)N)c1nccs1. The molecule has 1 aromatic rings. The molecule has 1 heterocycles. The summed E-state index contributed by atoms with van der Waals surface area (Å²) in [5.74, 6) is 0.152. The minimum atomic E-state index is 0.0350. The van der Waals surface area contributed by atoms with Crippen molar-refractivity contribution in [3.63, 3.8) is 0 Å². The van der Waals surface area contributed by atoms with E-state index in [1.807, 2.05) is 19.2 Å². The summed E-state index contributed by atoms with van der Waals surface area (Å²) >= 11 is 1.59. The molecule has 108 valence electrons. The maximum absolute atomic E-state index is 12.1. The highest BCUT2D eigenvalue weighted by molar-refractivity contribution is 7.09. The zero-order chi connectivity index (χ0) is 14.3. The lowest BCUT2D eigenvalue weighted by Gasteiger charge is -2.18. The number of nitrogens with two attached hydrogens (primary N) is 1. The molecule has 0 radical (unpaired) electrons. The van der Waals surface area contributed by atoms with Crippen LogP contribution >= 0.6 is 11.3 Å². The largest absolute Gasteiger partial charge is 0.347 e. The van der Waals surface area contributed by atoms with Crippen LogP contribution in [0.2, 0.25) is 0 Å². The number of hydrogen-bond donors (Lipinski definition) is 2. The maximum atomic E-state index is 12.1. The Labute approximate surface area is 119 Å². The van der Waals surface area contributed by atoms with E-state index in [1.54, 1.807) is 17.5 Å². The van der Waals surface area contributed by atoms with Crippen LogP contribution in [-0.2, 0) is 4.79 Å². The fourth-order valence-electron chi connectivity index (χ4n) is 1.94. The van der Waals surface area contributed by atoms with Gasteiger partial charge in [0.05, 0.1) is 6.04 Å². The van der Waals surface area contributed by atoms with Crippen molar-refractivity contribution in [3.8, 4) is 0 Å². The number of nitrogens with zero attached hydrogens (tertiary/aromatic N) is 1. The van der Waals surface area contributed by atoms with E-state index in [0.717, 1.165) is 30.7 Å². The smallest absolute Gasteiger partial charge is 0.223 e. The van der Waals surface area contributed by atoms with Crippen LogP contribution in [0.1, 0.15) is 57.5 Å². The Balaban J connectivity index is 2.40. The minimum absolute atomic E-state index is 0.0350. The monoisotopic (exact) mass is 283 g/mol. The molecule has 0 spiro atoms. The molecule has 0 saturated heterocycles. The van der Waals surface area contributed by atoms with Gasteiger partial charge in [0, 0.05) is 23.5 Å². The summed E-state index contributed by atoms with van der Waals surface area (Å²) in [5, 5.41) is 6.01. The molecular formula is C14H25N3OS. The third-order valence-corrected chi connectivity index (χ3v) is 4.11. The molecule has 5 heteroatoms. The average molecular weight is 283 g/mol. The number of carbonyl (C=O) groups is 1. The Bertz CT molecular complexity index is 365. The van der Waals surface area contributed by atoms with Crippen molar-refractivity contribution in [2.75, 3.05) is 0 Å². The second-order valence-corrected chi connectivity index (χ2v) is 6.08. The van der Waals surface area contributed by atoms with Gasteiger partial charge in [0.25, 0.3) is 0 Å². The molecule has 0 aliphatic carbocycles. The van der Waals surface area contributed by atoms with Crippen molar-refractivity contribution in [2.45, 2.75) is 58.5 Å². The van der Waals surface area contributed by atoms with Crippen LogP contribution in [0, 0.1) is 5.92 Å². The number of rotatable bonds is 8. The molecule has 0 bridgehead atoms. The van der Waals surface area contributed by atoms with Gasteiger partial charge in [-0.3, -0.25) is 4.79 Å². The predicted molar refractivity (Wildman–Crippen MR) is 80.0 cm³/mol. The van der Waals surface area contributed by atoms with Crippen LogP contribution < -0.4 is 11.1 Å². The van der Waals surface area contributed by atoms with Crippen molar-refractivity contribution in [1.29, 1.82) is 0 Å². The predicted octanol–water partition coefficient (Wildman–Crippen LogP) is 2.86. The van der Waals surface area contributed by atoms with Crippen molar-refractivity contribution in [3.05, 3.63) is 16.6 Å². The van der Waals surface area contributed by atoms with Crippen LogP contribution in [0.25, 0.3) is 0 Å². The average Bonchev–Trinajstić information content (AvgIpc) is 2.88. The summed E-state index contributed by atoms with van der Waals surface area (Å²) in [5.41, 5.74) is 5.71. The number of nitrogens with one attached hydrogen (secondary N) is 1. The van der Waals surface area contributed by atoms with Crippen molar-refractivity contribution in [2.24, 2.45) is 11.7 Å². The summed E-state index contributed by atoms with van der Waals surface area (Å²) in [7, 11) is 0. The first-order valence-electron chi connectivity index (χ1n) is 7.00. The first kappa shape index (κ1) is 16.1. The summed E-state index contributed by atoms with van der Waals surface area (Å²) in [6.45, 7) is 6.04. The molecule has 3 N–H and O–H groups in total. The molecular weight excluding hydrogens is 258 g/mol. The second-order valence-electron chi connectivity index (χ2n) is 5.15. The molecule has 19 heavy (non-hydrogen) atoms. The van der Waals surface area contributed by atoms with Crippen LogP contribution in [0.5, 0.6) is 0 Å². The van der Waals surface area contributed by atoms with E-state index in [2.05, 4.69) is 17.2 Å². The van der Waals surface area contributed by atoms with Gasteiger partial charge in [-0.25, -0.2) is 4.98 Å². The number of thiazole rings is 1. The van der Waals surface area contributed by atoms with E-state index < -0.39 is 0 Å². The molecule has 0 aliphatic rings. The molecule has 1 amide bonds. The third kappa shape index (κ3) is 5.70. The molecule has 3 atom stereocenters. The first-order chi connectivity index (χ1) is 9.04. The van der Waals surface area contributed by atoms with E-state index in [1.165, 1.54) is 0 Å². The molecule has 0 fully saturated rings. The Morgan fingerprint density at radius 3 is 2.74 bits per heavy atom. The van der Waals surface area contributed by atoms with Gasteiger partial charge in [0.1, 0.15) is 5.01 Å². The van der Waals surface area contributed by atoms with Gasteiger partial charge in [-0.15, -0.1) is 11.3 Å². The van der Waals surface area contributed by atoms with Gasteiger partial charge in [-0.1, -0.05) is 20.3 Å². The fraction of sp³-hybridized carbons (Fsp3) is 0.714. The van der Waals surface area contributed by atoms with Crippen molar-refractivity contribution in [1.82, 2.24) is 10.3 Å². The van der Waals surface area contributed by atoms with Crippen LogP contribution in [0.4, 0.5) is 0 Å². The van der Waals surface area contributed by atoms with E-state index >= 15 is 0 Å². The minimum Gasteiger partial charge on any atom is -0.347 e. The van der Waals surface area contributed by atoms with E-state index in [0.29, 0.717) is 0 Å². The zero-order valence-electron chi connectivity index (χ0n) is 12.1. The highest BCUT2D eigenvalue weighted by atomic mass is 32.1. The molecule has 1 rings (SSSR count). The first-order valence-corrected chi connectivity index (χ1v) is 7.87. The van der Waals surface area contributed by atoms with Gasteiger partial charge >= 0.3 is 0 Å². The van der Waals surface area contributed by atoms with Crippen LogP contribution in [0.15, 0.2) is 11.6 Å². The van der Waals surface area contributed by atoms with E-state index in [4.69, 9.17) is 5.73 Å².